The number of amides is 3. The number of likely N-dealkylation sites (tertiary alicyclic amines) is 2. The number of carboxylic acid groups (broad SMARTS) is 1. The van der Waals surface area contributed by atoms with Crippen LogP contribution in [0.5, 0.6) is 0 Å². The fourth-order valence-electron chi connectivity index (χ4n) is 3.51. The van der Waals surface area contributed by atoms with Crippen molar-refractivity contribution in [2.45, 2.75) is 52.0 Å². The second kappa shape index (κ2) is 8.35. The third kappa shape index (κ3) is 4.39. The monoisotopic (exact) mass is 339 g/mol. The van der Waals surface area contributed by atoms with Crippen molar-refractivity contribution in [2.75, 3.05) is 32.7 Å². The van der Waals surface area contributed by atoms with E-state index in [4.69, 9.17) is 5.11 Å². The Morgan fingerprint density at radius 2 is 1.75 bits per heavy atom. The van der Waals surface area contributed by atoms with E-state index in [1.807, 2.05) is 18.7 Å². The normalized spacial score (nSPS) is 22.3. The highest BCUT2D eigenvalue weighted by atomic mass is 16.4. The molecule has 2 heterocycles. The van der Waals surface area contributed by atoms with Crippen LogP contribution < -0.4 is 0 Å². The predicted octanol–water partition coefficient (Wildman–Crippen LogP) is 1.63. The first-order chi connectivity index (χ1) is 11.4. The van der Waals surface area contributed by atoms with Crippen LogP contribution in [0.1, 0.15) is 46.0 Å². The van der Waals surface area contributed by atoms with Gasteiger partial charge in [0.1, 0.15) is 6.54 Å². The number of carbonyl (C=O) groups excluding carboxylic acids is 2. The molecule has 2 aliphatic rings. The summed E-state index contributed by atoms with van der Waals surface area (Å²) in [4.78, 5) is 41.6. The number of urea groups is 1. The van der Waals surface area contributed by atoms with Crippen LogP contribution >= 0.6 is 0 Å². The Balaban J connectivity index is 2.02. The minimum absolute atomic E-state index is 0.0262. The summed E-state index contributed by atoms with van der Waals surface area (Å²) in [6.07, 6.45) is 4.30. The molecule has 0 aromatic heterocycles. The van der Waals surface area contributed by atoms with E-state index in [1.165, 1.54) is 4.90 Å². The molecule has 2 aliphatic heterocycles. The summed E-state index contributed by atoms with van der Waals surface area (Å²) in [6, 6.07) is -0.0865. The molecule has 7 heteroatoms. The number of piperidine rings is 1. The minimum atomic E-state index is -0.996. The summed E-state index contributed by atoms with van der Waals surface area (Å²) < 4.78 is 0. The quantitative estimate of drug-likeness (QED) is 0.825. The number of carbonyl (C=O) groups is 3. The van der Waals surface area contributed by atoms with Gasteiger partial charge in [-0.25, -0.2) is 4.79 Å². The van der Waals surface area contributed by atoms with Crippen molar-refractivity contribution < 1.29 is 19.5 Å². The Morgan fingerprint density at radius 1 is 1.12 bits per heavy atom. The molecule has 2 saturated heterocycles. The summed E-state index contributed by atoms with van der Waals surface area (Å²) in [7, 11) is 0. The molecule has 0 saturated carbocycles. The van der Waals surface area contributed by atoms with Gasteiger partial charge < -0.3 is 19.8 Å². The van der Waals surface area contributed by atoms with E-state index in [1.54, 1.807) is 4.90 Å². The Bertz CT molecular complexity index is 476. The first kappa shape index (κ1) is 18.5. The van der Waals surface area contributed by atoms with Crippen LogP contribution in [0.15, 0.2) is 0 Å². The molecule has 0 aliphatic carbocycles. The standard InChI is InChI=1S/C17H29N3O4/c1-3-13(2)20(12-15(21)22)16(23)14-7-6-10-19(11-14)17(24)18-8-4-5-9-18/h13-14H,3-12H2,1-2H3,(H,21,22). The van der Waals surface area contributed by atoms with Crippen LogP contribution in [0.2, 0.25) is 0 Å². The minimum Gasteiger partial charge on any atom is -0.480 e. The Hall–Kier alpha value is -1.79. The smallest absolute Gasteiger partial charge is 0.323 e. The fourth-order valence-corrected chi connectivity index (χ4v) is 3.51. The highest BCUT2D eigenvalue weighted by Gasteiger charge is 2.35. The Labute approximate surface area is 143 Å². The van der Waals surface area contributed by atoms with Gasteiger partial charge in [0.2, 0.25) is 5.91 Å². The maximum absolute atomic E-state index is 12.8. The van der Waals surface area contributed by atoms with Crippen molar-refractivity contribution in [1.82, 2.24) is 14.7 Å². The van der Waals surface area contributed by atoms with Gasteiger partial charge in [0.15, 0.2) is 0 Å². The number of aliphatic carboxylic acids is 1. The molecule has 2 rings (SSSR count). The lowest BCUT2D eigenvalue weighted by Crippen LogP contribution is -2.52. The highest BCUT2D eigenvalue weighted by molar-refractivity contribution is 5.84. The molecule has 3 amide bonds. The van der Waals surface area contributed by atoms with Crippen molar-refractivity contribution in [3.05, 3.63) is 0 Å². The topological polar surface area (TPSA) is 81.2 Å². The lowest BCUT2D eigenvalue weighted by Gasteiger charge is -2.37. The Morgan fingerprint density at radius 3 is 2.33 bits per heavy atom. The predicted molar refractivity (Wildman–Crippen MR) is 89.6 cm³/mol. The molecule has 0 radical (unpaired) electrons. The molecule has 2 fully saturated rings. The van der Waals surface area contributed by atoms with Crippen LogP contribution in [0, 0.1) is 5.92 Å². The molecule has 0 spiro atoms. The van der Waals surface area contributed by atoms with Gasteiger partial charge in [-0.3, -0.25) is 9.59 Å². The van der Waals surface area contributed by atoms with Gasteiger partial charge in [-0.1, -0.05) is 6.92 Å². The van der Waals surface area contributed by atoms with E-state index in [9.17, 15) is 14.4 Å². The van der Waals surface area contributed by atoms with Gasteiger partial charge in [-0.2, -0.15) is 0 Å². The molecule has 136 valence electrons. The molecule has 2 unspecified atom stereocenters. The van der Waals surface area contributed by atoms with Crippen molar-refractivity contribution in [2.24, 2.45) is 5.92 Å². The number of nitrogens with zero attached hydrogens (tertiary/aromatic N) is 3. The van der Waals surface area contributed by atoms with Crippen molar-refractivity contribution >= 4 is 17.9 Å². The SMILES string of the molecule is CCC(C)N(CC(=O)O)C(=O)C1CCCN(C(=O)N2CCCC2)C1. The molecule has 24 heavy (non-hydrogen) atoms. The molecule has 0 aromatic carbocycles. The molecule has 0 aromatic rings. The van der Waals surface area contributed by atoms with Gasteiger partial charge in [-0.15, -0.1) is 0 Å². The van der Waals surface area contributed by atoms with E-state index < -0.39 is 5.97 Å². The zero-order valence-corrected chi connectivity index (χ0v) is 14.7. The lowest BCUT2D eigenvalue weighted by molar-refractivity contribution is -0.149. The Kier molecular flexibility index (Phi) is 6.45. The van der Waals surface area contributed by atoms with Gasteiger partial charge in [0.05, 0.1) is 5.92 Å². The molecule has 1 N–H and O–H groups in total. The maximum Gasteiger partial charge on any atom is 0.323 e. The van der Waals surface area contributed by atoms with Gasteiger partial charge in [0, 0.05) is 32.2 Å². The number of carboxylic acids is 1. The number of hydrogen-bond donors (Lipinski definition) is 1. The van der Waals surface area contributed by atoms with E-state index in [0.29, 0.717) is 19.5 Å². The zero-order valence-electron chi connectivity index (χ0n) is 14.7. The van der Waals surface area contributed by atoms with Gasteiger partial charge >= 0.3 is 12.0 Å². The average molecular weight is 339 g/mol. The largest absolute Gasteiger partial charge is 0.480 e. The lowest BCUT2D eigenvalue weighted by atomic mass is 9.95. The summed E-state index contributed by atoms with van der Waals surface area (Å²) in [6.45, 7) is 6.22. The summed E-state index contributed by atoms with van der Waals surface area (Å²) >= 11 is 0. The number of hydrogen-bond acceptors (Lipinski definition) is 3. The maximum atomic E-state index is 12.8. The van der Waals surface area contributed by atoms with E-state index in [2.05, 4.69) is 0 Å². The van der Waals surface area contributed by atoms with Crippen LogP contribution in [0.3, 0.4) is 0 Å². The molecule has 2 atom stereocenters. The zero-order chi connectivity index (χ0) is 17.7. The van der Waals surface area contributed by atoms with Crippen LogP contribution in [0.25, 0.3) is 0 Å². The van der Waals surface area contributed by atoms with Crippen LogP contribution in [-0.4, -0.2) is 76.5 Å². The van der Waals surface area contributed by atoms with E-state index in [0.717, 1.165) is 38.8 Å². The first-order valence-electron chi connectivity index (χ1n) is 9.00. The highest BCUT2D eigenvalue weighted by Crippen LogP contribution is 2.22. The molecule has 0 bridgehead atoms. The van der Waals surface area contributed by atoms with Crippen LogP contribution in [0.4, 0.5) is 4.79 Å². The van der Waals surface area contributed by atoms with E-state index >= 15 is 0 Å². The third-order valence-electron chi connectivity index (χ3n) is 5.13. The van der Waals surface area contributed by atoms with Crippen molar-refractivity contribution in [3.63, 3.8) is 0 Å². The number of rotatable bonds is 5. The van der Waals surface area contributed by atoms with Gasteiger partial charge in [0.25, 0.3) is 0 Å². The second-order valence-electron chi connectivity index (χ2n) is 6.88. The first-order valence-corrected chi connectivity index (χ1v) is 9.00. The fraction of sp³-hybridized carbons (Fsp3) is 0.824. The van der Waals surface area contributed by atoms with Gasteiger partial charge in [-0.05, 0) is 39.0 Å². The average Bonchev–Trinajstić information content (AvgIpc) is 3.12. The van der Waals surface area contributed by atoms with Crippen molar-refractivity contribution in [1.29, 1.82) is 0 Å². The molecular weight excluding hydrogens is 310 g/mol. The van der Waals surface area contributed by atoms with E-state index in [-0.39, 0.29) is 30.4 Å². The van der Waals surface area contributed by atoms with Crippen molar-refractivity contribution in [3.8, 4) is 0 Å². The third-order valence-corrected chi connectivity index (χ3v) is 5.13. The second-order valence-corrected chi connectivity index (χ2v) is 6.88. The molecule has 7 nitrogen and oxygen atoms in total. The summed E-state index contributed by atoms with van der Waals surface area (Å²) in [5.74, 6) is -1.42. The summed E-state index contributed by atoms with van der Waals surface area (Å²) in [5, 5.41) is 9.09. The molecular formula is C17H29N3O4. The van der Waals surface area contributed by atoms with Crippen LogP contribution in [-0.2, 0) is 9.59 Å². The summed E-state index contributed by atoms with van der Waals surface area (Å²) in [5.41, 5.74) is 0.